The first-order chi connectivity index (χ1) is 9.22. The number of nitrogens with one attached hydrogen (secondary N) is 1. The van der Waals surface area contributed by atoms with Gasteiger partial charge in [0.25, 0.3) is 5.91 Å². The van der Waals surface area contributed by atoms with E-state index in [0.29, 0.717) is 22.7 Å². The Balaban J connectivity index is 2.13. The molecule has 0 saturated heterocycles. The number of benzene rings is 2. The molecule has 0 atom stereocenters. The highest BCUT2D eigenvalue weighted by molar-refractivity contribution is 6.17. The summed E-state index contributed by atoms with van der Waals surface area (Å²) in [6.45, 7) is 0. The van der Waals surface area contributed by atoms with Gasteiger partial charge in [-0.1, -0.05) is 18.2 Å². The van der Waals surface area contributed by atoms with E-state index in [1.807, 2.05) is 18.2 Å². The standard InChI is InChI=1S/C15H11ClN2O/c16-9-11-4-6-13(7-5-11)15(19)18-14-3-1-2-12(8-14)10-17/h1-8H,9H2,(H,18,19). The minimum Gasteiger partial charge on any atom is -0.322 e. The zero-order chi connectivity index (χ0) is 13.7. The summed E-state index contributed by atoms with van der Waals surface area (Å²) in [5.41, 5.74) is 2.63. The summed E-state index contributed by atoms with van der Waals surface area (Å²) in [7, 11) is 0. The number of nitriles is 1. The Morgan fingerprint density at radius 1 is 1.21 bits per heavy atom. The van der Waals surface area contributed by atoms with Gasteiger partial charge in [0.2, 0.25) is 0 Å². The molecule has 2 aromatic rings. The van der Waals surface area contributed by atoms with Crippen molar-refractivity contribution in [3.05, 3.63) is 65.2 Å². The molecule has 0 aliphatic rings. The Bertz CT molecular complexity index is 629. The average Bonchev–Trinajstić information content (AvgIpc) is 2.47. The second kappa shape index (κ2) is 6.03. The van der Waals surface area contributed by atoms with Crippen molar-refractivity contribution in [1.82, 2.24) is 0 Å². The molecule has 3 nitrogen and oxygen atoms in total. The van der Waals surface area contributed by atoms with Crippen LogP contribution in [0.5, 0.6) is 0 Å². The van der Waals surface area contributed by atoms with Gasteiger partial charge in [0.15, 0.2) is 0 Å². The quantitative estimate of drug-likeness (QED) is 0.867. The third kappa shape index (κ3) is 3.34. The molecule has 0 aliphatic heterocycles. The number of nitrogens with zero attached hydrogens (tertiary/aromatic N) is 1. The molecule has 1 amide bonds. The van der Waals surface area contributed by atoms with Crippen molar-refractivity contribution in [2.75, 3.05) is 5.32 Å². The number of carbonyl (C=O) groups is 1. The Kier molecular flexibility index (Phi) is 4.17. The van der Waals surface area contributed by atoms with Crippen molar-refractivity contribution in [3.63, 3.8) is 0 Å². The average molecular weight is 271 g/mol. The summed E-state index contributed by atoms with van der Waals surface area (Å²) in [5.74, 6) is 0.211. The fraction of sp³-hybridized carbons (Fsp3) is 0.0667. The summed E-state index contributed by atoms with van der Waals surface area (Å²) in [4.78, 5) is 12.0. The van der Waals surface area contributed by atoms with Gasteiger partial charge in [-0.25, -0.2) is 0 Å². The van der Waals surface area contributed by atoms with E-state index in [-0.39, 0.29) is 5.91 Å². The number of alkyl halides is 1. The van der Waals surface area contributed by atoms with Crippen molar-refractivity contribution >= 4 is 23.2 Å². The molecule has 0 aliphatic carbocycles. The van der Waals surface area contributed by atoms with E-state index in [0.717, 1.165) is 5.56 Å². The van der Waals surface area contributed by atoms with Gasteiger partial charge in [-0.2, -0.15) is 5.26 Å². The first-order valence-electron chi connectivity index (χ1n) is 5.69. The fourth-order valence-electron chi connectivity index (χ4n) is 1.61. The van der Waals surface area contributed by atoms with E-state index in [9.17, 15) is 4.79 Å². The maximum atomic E-state index is 12.0. The molecule has 0 spiro atoms. The number of carbonyl (C=O) groups excluding carboxylic acids is 1. The second-order valence-electron chi connectivity index (χ2n) is 3.98. The van der Waals surface area contributed by atoms with Crippen molar-refractivity contribution in [1.29, 1.82) is 5.26 Å². The topological polar surface area (TPSA) is 52.9 Å². The van der Waals surface area contributed by atoms with Gasteiger partial charge in [0, 0.05) is 17.1 Å². The van der Waals surface area contributed by atoms with E-state index in [1.54, 1.807) is 36.4 Å². The summed E-state index contributed by atoms with van der Waals surface area (Å²) in [6, 6.07) is 15.9. The van der Waals surface area contributed by atoms with Gasteiger partial charge in [-0.15, -0.1) is 11.6 Å². The lowest BCUT2D eigenvalue weighted by molar-refractivity contribution is 0.102. The highest BCUT2D eigenvalue weighted by Gasteiger charge is 2.06. The Hall–Kier alpha value is -2.31. The Labute approximate surface area is 116 Å². The molecule has 0 fully saturated rings. The van der Waals surface area contributed by atoms with Gasteiger partial charge in [-0.05, 0) is 35.9 Å². The highest BCUT2D eigenvalue weighted by atomic mass is 35.5. The summed E-state index contributed by atoms with van der Waals surface area (Å²) in [5, 5.41) is 11.5. The largest absolute Gasteiger partial charge is 0.322 e. The maximum Gasteiger partial charge on any atom is 0.255 e. The van der Waals surface area contributed by atoms with Crippen LogP contribution in [0.15, 0.2) is 48.5 Å². The third-order valence-electron chi connectivity index (χ3n) is 2.62. The Morgan fingerprint density at radius 3 is 2.58 bits per heavy atom. The maximum absolute atomic E-state index is 12.0. The van der Waals surface area contributed by atoms with E-state index < -0.39 is 0 Å². The van der Waals surface area contributed by atoms with Gasteiger partial charge in [0.1, 0.15) is 0 Å². The molecule has 2 rings (SSSR count). The van der Waals surface area contributed by atoms with Crippen LogP contribution in [-0.2, 0) is 5.88 Å². The summed E-state index contributed by atoms with van der Waals surface area (Å²) < 4.78 is 0. The summed E-state index contributed by atoms with van der Waals surface area (Å²) in [6.07, 6.45) is 0. The second-order valence-corrected chi connectivity index (χ2v) is 4.24. The SMILES string of the molecule is N#Cc1cccc(NC(=O)c2ccc(CCl)cc2)c1. The smallest absolute Gasteiger partial charge is 0.255 e. The van der Waals surface area contributed by atoms with E-state index >= 15 is 0 Å². The number of halogens is 1. The van der Waals surface area contributed by atoms with Crippen LogP contribution in [0.25, 0.3) is 0 Å². The molecule has 94 valence electrons. The predicted octanol–water partition coefficient (Wildman–Crippen LogP) is 3.55. The molecule has 19 heavy (non-hydrogen) atoms. The first kappa shape index (κ1) is 13.1. The van der Waals surface area contributed by atoms with Crippen LogP contribution in [0.4, 0.5) is 5.69 Å². The van der Waals surface area contributed by atoms with Gasteiger partial charge < -0.3 is 5.32 Å². The van der Waals surface area contributed by atoms with Crippen LogP contribution in [0.1, 0.15) is 21.5 Å². The van der Waals surface area contributed by atoms with E-state index in [4.69, 9.17) is 16.9 Å². The molecule has 0 radical (unpaired) electrons. The molecule has 0 bridgehead atoms. The van der Waals surface area contributed by atoms with Gasteiger partial charge >= 0.3 is 0 Å². The molecule has 0 aromatic heterocycles. The van der Waals surface area contributed by atoms with Crippen molar-refractivity contribution in [2.45, 2.75) is 5.88 Å². The van der Waals surface area contributed by atoms with Crippen LogP contribution in [0, 0.1) is 11.3 Å². The normalized spacial score (nSPS) is 9.68. The van der Waals surface area contributed by atoms with Gasteiger partial charge in [0.05, 0.1) is 11.6 Å². The lowest BCUT2D eigenvalue weighted by Crippen LogP contribution is -2.11. The Morgan fingerprint density at radius 2 is 1.95 bits per heavy atom. The number of hydrogen-bond acceptors (Lipinski definition) is 2. The van der Waals surface area contributed by atoms with Crippen molar-refractivity contribution in [2.24, 2.45) is 0 Å². The van der Waals surface area contributed by atoms with Crippen LogP contribution in [0.2, 0.25) is 0 Å². The van der Waals surface area contributed by atoms with Gasteiger partial charge in [-0.3, -0.25) is 4.79 Å². The minimum absolute atomic E-state index is 0.212. The molecule has 1 N–H and O–H groups in total. The number of amides is 1. The number of anilines is 1. The lowest BCUT2D eigenvalue weighted by atomic mass is 10.1. The minimum atomic E-state index is -0.212. The molecule has 2 aromatic carbocycles. The number of rotatable bonds is 3. The van der Waals surface area contributed by atoms with Crippen molar-refractivity contribution < 1.29 is 4.79 Å². The van der Waals surface area contributed by atoms with E-state index in [1.165, 1.54) is 0 Å². The highest BCUT2D eigenvalue weighted by Crippen LogP contribution is 2.13. The monoisotopic (exact) mass is 270 g/mol. The lowest BCUT2D eigenvalue weighted by Gasteiger charge is -2.06. The molecule has 0 heterocycles. The van der Waals surface area contributed by atoms with E-state index in [2.05, 4.69) is 5.32 Å². The third-order valence-corrected chi connectivity index (χ3v) is 2.93. The molecular weight excluding hydrogens is 260 g/mol. The molecule has 0 saturated carbocycles. The molecule has 0 unspecified atom stereocenters. The number of hydrogen-bond donors (Lipinski definition) is 1. The van der Waals surface area contributed by atoms with Crippen LogP contribution in [-0.4, -0.2) is 5.91 Å². The zero-order valence-electron chi connectivity index (χ0n) is 10.1. The fourth-order valence-corrected chi connectivity index (χ4v) is 1.79. The van der Waals surface area contributed by atoms with Crippen LogP contribution >= 0.6 is 11.6 Å². The molecular formula is C15H11ClN2O. The van der Waals surface area contributed by atoms with Crippen molar-refractivity contribution in [3.8, 4) is 6.07 Å². The van der Waals surface area contributed by atoms with Crippen LogP contribution in [0.3, 0.4) is 0 Å². The predicted molar refractivity (Wildman–Crippen MR) is 75.1 cm³/mol. The zero-order valence-corrected chi connectivity index (χ0v) is 10.8. The van der Waals surface area contributed by atoms with Crippen LogP contribution < -0.4 is 5.32 Å². The molecule has 4 heteroatoms. The first-order valence-corrected chi connectivity index (χ1v) is 6.23. The summed E-state index contributed by atoms with van der Waals surface area (Å²) >= 11 is 5.69.